The summed E-state index contributed by atoms with van der Waals surface area (Å²) in [5, 5.41) is 11.3. The van der Waals surface area contributed by atoms with Crippen molar-refractivity contribution in [3.63, 3.8) is 0 Å². The van der Waals surface area contributed by atoms with E-state index in [1.54, 1.807) is 0 Å². The molecule has 0 saturated carbocycles. The Morgan fingerprint density at radius 2 is 2.05 bits per heavy atom. The fourth-order valence-corrected chi connectivity index (χ4v) is 1.86. The van der Waals surface area contributed by atoms with Crippen LogP contribution < -0.4 is 10.5 Å². The third-order valence-corrected chi connectivity index (χ3v) is 2.96. The van der Waals surface area contributed by atoms with E-state index >= 15 is 0 Å². The smallest absolute Gasteiger partial charge is 0.183 e. The molecule has 4 nitrogen and oxygen atoms in total. The number of oxime groups is 1. The molecule has 0 aliphatic heterocycles. The lowest BCUT2D eigenvalue weighted by Crippen LogP contribution is -2.14. The highest BCUT2D eigenvalue weighted by atomic mass is 35.5. The second-order valence-electron chi connectivity index (χ2n) is 4.17. The second-order valence-corrected chi connectivity index (χ2v) is 4.58. The Hall–Kier alpha value is -2.34. The van der Waals surface area contributed by atoms with Crippen molar-refractivity contribution < 1.29 is 18.7 Å². The number of ether oxygens (including phenoxy) is 1. The number of nitrogens with zero attached hydrogens (tertiary/aromatic N) is 1. The molecule has 2 aromatic carbocycles. The van der Waals surface area contributed by atoms with Crippen molar-refractivity contribution in [3.05, 3.63) is 64.2 Å². The van der Waals surface area contributed by atoms with Crippen LogP contribution in [-0.4, -0.2) is 11.0 Å². The summed E-state index contributed by atoms with van der Waals surface area (Å²) in [4.78, 5) is 0. The number of hydrogen-bond acceptors (Lipinski definition) is 3. The van der Waals surface area contributed by atoms with E-state index in [9.17, 15) is 8.78 Å². The van der Waals surface area contributed by atoms with Crippen molar-refractivity contribution >= 4 is 17.4 Å². The SMILES string of the molecule is N/C(=N/O)c1cc(F)cc(COc2cccc(Cl)c2F)c1. The van der Waals surface area contributed by atoms with Crippen LogP contribution in [0.3, 0.4) is 0 Å². The van der Waals surface area contributed by atoms with Gasteiger partial charge in [0.25, 0.3) is 0 Å². The molecule has 0 unspecified atom stereocenters. The highest BCUT2D eigenvalue weighted by molar-refractivity contribution is 6.30. The molecule has 7 heteroatoms. The number of benzene rings is 2. The summed E-state index contributed by atoms with van der Waals surface area (Å²) in [5.41, 5.74) is 5.99. The molecule has 0 amide bonds. The van der Waals surface area contributed by atoms with Crippen LogP contribution in [0.1, 0.15) is 11.1 Å². The van der Waals surface area contributed by atoms with E-state index in [1.165, 1.54) is 30.3 Å². The Labute approximate surface area is 124 Å². The monoisotopic (exact) mass is 312 g/mol. The Bertz CT molecular complexity index is 693. The Balaban J connectivity index is 2.20. The lowest BCUT2D eigenvalue weighted by atomic mass is 10.1. The van der Waals surface area contributed by atoms with E-state index in [2.05, 4.69) is 5.16 Å². The first-order valence-electron chi connectivity index (χ1n) is 5.85. The average molecular weight is 313 g/mol. The van der Waals surface area contributed by atoms with Gasteiger partial charge in [0.05, 0.1) is 5.02 Å². The van der Waals surface area contributed by atoms with Crippen molar-refractivity contribution in [2.45, 2.75) is 6.61 Å². The Kier molecular flexibility index (Phi) is 4.59. The van der Waals surface area contributed by atoms with Gasteiger partial charge in [0.2, 0.25) is 0 Å². The molecule has 110 valence electrons. The third-order valence-electron chi connectivity index (χ3n) is 2.67. The van der Waals surface area contributed by atoms with Crippen LogP contribution in [0, 0.1) is 11.6 Å². The van der Waals surface area contributed by atoms with Crippen LogP contribution in [0.15, 0.2) is 41.6 Å². The minimum atomic E-state index is -0.688. The zero-order chi connectivity index (χ0) is 15.4. The van der Waals surface area contributed by atoms with Gasteiger partial charge in [-0.1, -0.05) is 22.8 Å². The molecular weight excluding hydrogens is 302 g/mol. The molecular formula is C14H11ClF2N2O2. The fourth-order valence-electron chi connectivity index (χ4n) is 1.70. The number of hydrogen-bond donors (Lipinski definition) is 2. The molecule has 0 aliphatic rings. The van der Waals surface area contributed by atoms with Crippen LogP contribution in [-0.2, 0) is 6.61 Å². The third kappa shape index (κ3) is 3.61. The Morgan fingerprint density at radius 1 is 1.29 bits per heavy atom. The van der Waals surface area contributed by atoms with Crippen molar-refractivity contribution in [2.75, 3.05) is 0 Å². The van der Waals surface area contributed by atoms with Gasteiger partial charge in [-0.3, -0.25) is 0 Å². The van der Waals surface area contributed by atoms with Gasteiger partial charge in [0.15, 0.2) is 17.4 Å². The maximum atomic E-state index is 13.6. The molecule has 2 aromatic rings. The standard InChI is InChI=1S/C14H11ClF2N2O2/c15-11-2-1-3-12(13(11)17)21-7-8-4-9(14(18)19-20)6-10(16)5-8/h1-6,20H,7H2,(H2,18,19). The molecule has 0 saturated heterocycles. The van der Waals surface area contributed by atoms with Crippen molar-refractivity contribution in [3.8, 4) is 5.75 Å². The summed E-state index contributed by atoms with van der Waals surface area (Å²) < 4.78 is 32.4. The molecule has 0 spiro atoms. The van der Waals surface area contributed by atoms with Gasteiger partial charge < -0.3 is 15.7 Å². The molecule has 0 aliphatic carbocycles. The minimum absolute atomic E-state index is 0.0443. The summed E-state index contributed by atoms with van der Waals surface area (Å²) in [6, 6.07) is 8.12. The Morgan fingerprint density at radius 3 is 2.76 bits per heavy atom. The molecule has 2 rings (SSSR count). The summed E-state index contributed by atoms with van der Waals surface area (Å²) in [7, 11) is 0. The van der Waals surface area contributed by atoms with Gasteiger partial charge in [-0.25, -0.2) is 8.78 Å². The first kappa shape index (κ1) is 15.1. The quantitative estimate of drug-likeness (QED) is 0.394. The molecule has 0 radical (unpaired) electrons. The number of halogens is 3. The second kappa shape index (κ2) is 6.41. The van der Waals surface area contributed by atoms with Gasteiger partial charge in [0, 0.05) is 5.56 Å². The van der Waals surface area contributed by atoms with Gasteiger partial charge >= 0.3 is 0 Å². The van der Waals surface area contributed by atoms with Crippen LogP contribution in [0.5, 0.6) is 5.75 Å². The van der Waals surface area contributed by atoms with E-state index in [1.807, 2.05) is 0 Å². The highest BCUT2D eigenvalue weighted by Gasteiger charge is 2.09. The molecule has 21 heavy (non-hydrogen) atoms. The first-order valence-corrected chi connectivity index (χ1v) is 6.23. The van der Waals surface area contributed by atoms with Crippen LogP contribution in [0.4, 0.5) is 8.78 Å². The van der Waals surface area contributed by atoms with Crippen molar-refractivity contribution in [2.24, 2.45) is 10.9 Å². The minimum Gasteiger partial charge on any atom is -0.486 e. The molecule has 0 atom stereocenters. The molecule has 0 fully saturated rings. The predicted molar refractivity (Wildman–Crippen MR) is 74.7 cm³/mol. The van der Waals surface area contributed by atoms with Crippen molar-refractivity contribution in [1.29, 1.82) is 0 Å². The molecule has 0 aromatic heterocycles. The average Bonchev–Trinajstić information content (AvgIpc) is 2.47. The summed E-state index contributed by atoms with van der Waals surface area (Å²) >= 11 is 5.63. The number of amidine groups is 1. The summed E-state index contributed by atoms with van der Waals surface area (Å²) in [6.45, 7) is -0.0965. The van der Waals surface area contributed by atoms with Crippen molar-refractivity contribution in [1.82, 2.24) is 0 Å². The zero-order valence-electron chi connectivity index (χ0n) is 10.7. The maximum absolute atomic E-state index is 13.6. The van der Waals surface area contributed by atoms with Gasteiger partial charge in [-0.05, 0) is 35.9 Å². The van der Waals surface area contributed by atoms with E-state index in [4.69, 9.17) is 27.3 Å². The number of rotatable bonds is 4. The molecule has 0 bridgehead atoms. The first-order chi connectivity index (χ1) is 10.0. The van der Waals surface area contributed by atoms with Gasteiger partial charge in [-0.15, -0.1) is 0 Å². The van der Waals surface area contributed by atoms with E-state index in [0.717, 1.165) is 6.07 Å². The normalized spacial score (nSPS) is 11.5. The van der Waals surface area contributed by atoms with E-state index in [-0.39, 0.29) is 28.8 Å². The van der Waals surface area contributed by atoms with Crippen LogP contribution >= 0.6 is 11.6 Å². The summed E-state index contributed by atoms with van der Waals surface area (Å²) in [6.07, 6.45) is 0. The number of nitrogens with two attached hydrogens (primary N) is 1. The zero-order valence-corrected chi connectivity index (χ0v) is 11.4. The predicted octanol–water partition coefficient (Wildman–Crippen LogP) is 3.29. The van der Waals surface area contributed by atoms with Crippen LogP contribution in [0.25, 0.3) is 0 Å². The summed E-state index contributed by atoms with van der Waals surface area (Å²) in [5.74, 6) is -1.54. The van der Waals surface area contributed by atoms with Gasteiger partial charge in [-0.2, -0.15) is 0 Å². The largest absolute Gasteiger partial charge is 0.486 e. The maximum Gasteiger partial charge on any atom is 0.183 e. The topological polar surface area (TPSA) is 67.8 Å². The molecule has 0 heterocycles. The van der Waals surface area contributed by atoms with E-state index < -0.39 is 11.6 Å². The lowest BCUT2D eigenvalue weighted by Gasteiger charge is -2.09. The van der Waals surface area contributed by atoms with Crippen LogP contribution in [0.2, 0.25) is 5.02 Å². The fraction of sp³-hybridized carbons (Fsp3) is 0.0714. The lowest BCUT2D eigenvalue weighted by molar-refractivity contribution is 0.290. The highest BCUT2D eigenvalue weighted by Crippen LogP contribution is 2.25. The van der Waals surface area contributed by atoms with Gasteiger partial charge in [0.1, 0.15) is 12.4 Å². The molecule has 3 N–H and O–H groups in total. The van der Waals surface area contributed by atoms with E-state index in [0.29, 0.717) is 5.56 Å².